The van der Waals surface area contributed by atoms with E-state index >= 15 is 0 Å². The quantitative estimate of drug-likeness (QED) is 0.675. The molecule has 7 nitrogen and oxygen atoms in total. The Morgan fingerprint density at radius 1 is 1.10 bits per heavy atom. The maximum Gasteiger partial charge on any atom is 0.315 e. The van der Waals surface area contributed by atoms with Crippen LogP contribution in [0.25, 0.3) is 0 Å². The summed E-state index contributed by atoms with van der Waals surface area (Å²) in [4.78, 5) is 23.2. The van der Waals surface area contributed by atoms with Crippen molar-refractivity contribution < 1.29 is 9.53 Å². The van der Waals surface area contributed by atoms with Gasteiger partial charge in [0.2, 0.25) is 5.88 Å². The number of nitrogens with zero attached hydrogens (tertiary/aromatic N) is 3. The Morgan fingerprint density at radius 2 is 1.86 bits per heavy atom. The van der Waals surface area contributed by atoms with E-state index in [1.165, 1.54) is 12.8 Å². The van der Waals surface area contributed by atoms with Gasteiger partial charge in [0.15, 0.2) is 0 Å². The van der Waals surface area contributed by atoms with E-state index in [4.69, 9.17) is 4.74 Å². The molecule has 3 rings (SSSR count). The van der Waals surface area contributed by atoms with Crippen molar-refractivity contribution in [3.05, 3.63) is 47.8 Å². The summed E-state index contributed by atoms with van der Waals surface area (Å²) in [6, 6.07) is 7.56. The molecule has 1 fully saturated rings. The lowest BCUT2D eigenvalue weighted by Gasteiger charge is -2.19. The second kappa shape index (κ2) is 10.6. The third kappa shape index (κ3) is 6.07. The summed E-state index contributed by atoms with van der Waals surface area (Å²) >= 11 is 0. The van der Waals surface area contributed by atoms with Gasteiger partial charge in [-0.05, 0) is 57.2 Å². The van der Waals surface area contributed by atoms with Gasteiger partial charge < -0.3 is 20.3 Å². The van der Waals surface area contributed by atoms with Crippen molar-refractivity contribution in [2.45, 2.75) is 58.7 Å². The van der Waals surface area contributed by atoms with Gasteiger partial charge in [-0.3, -0.25) is 0 Å². The molecule has 0 bridgehead atoms. The van der Waals surface area contributed by atoms with Crippen LogP contribution in [0.3, 0.4) is 0 Å². The zero-order valence-corrected chi connectivity index (χ0v) is 17.4. The second-order valence-corrected chi connectivity index (χ2v) is 7.23. The van der Waals surface area contributed by atoms with Gasteiger partial charge >= 0.3 is 6.03 Å². The molecule has 1 aliphatic rings. The first-order valence-corrected chi connectivity index (χ1v) is 10.5. The highest BCUT2D eigenvalue weighted by Gasteiger charge is 2.18. The Morgan fingerprint density at radius 3 is 2.55 bits per heavy atom. The van der Waals surface area contributed by atoms with Crippen LogP contribution in [0.15, 0.2) is 36.7 Å². The third-order valence-corrected chi connectivity index (χ3v) is 5.22. The Bertz CT molecular complexity index is 771. The summed E-state index contributed by atoms with van der Waals surface area (Å²) in [6.07, 6.45) is 8.34. The van der Waals surface area contributed by atoms with E-state index in [1.54, 1.807) is 6.20 Å². The Labute approximate surface area is 172 Å². The van der Waals surface area contributed by atoms with Crippen LogP contribution in [0.1, 0.15) is 50.7 Å². The number of ether oxygens (including phenoxy) is 1. The number of hydrogen-bond acceptors (Lipinski definition) is 5. The van der Waals surface area contributed by atoms with Crippen LogP contribution in [0.4, 0.5) is 10.6 Å². The molecule has 1 saturated carbocycles. The second-order valence-electron chi connectivity index (χ2n) is 7.23. The molecule has 7 heteroatoms. The summed E-state index contributed by atoms with van der Waals surface area (Å²) in [5.74, 6) is 1.57. The van der Waals surface area contributed by atoms with Crippen LogP contribution in [0.2, 0.25) is 0 Å². The van der Waals surface area contributed by atoms with E-state index in [2.05, 4.69) is 39.3 Å². The van der Waals surface area contributed by atoms with Gasteiger partial charge in [0.25, 0.3) is 0 Å². The highest BCUT2D eigenvalue weighted by atomic mass is 16.5. The van der Waals surface area contributed by atoms with Gasteiger partial charge in [-0.15, -0.1) is 0 Å². The zero-order valence-electron chi connectivity index (χ0n) is 17.4. The molecular weight excluding hydrogens is 366 g/mol. The highest BCUT2D eigenvalue weighted by Crippen LogP contribution is 2.24. The molecule has 156 valence electrons. The van der Waals surface area contributed by atoms with Crippen LogP contribution in [-0.4, -0.2) is 35.2 Å². The SMILES string of the molecule is CCN(CC)c1ccc(CNC(=O)NCc2cccnc2OC2CCCC2)cn1. The van der Waals surface area contributed by atoms with Crippen molar-refractivity contribution in [3.8, 4) is 5.88 Å². The smallest absolute Gasteiger partial charge is 0.315 e. The fourth-order valence-electron chi connectivity index (χ4n) is 3.51. The third-order valence-electron chi connectivity index (χ3n) is 5.22. The van der Waals surface area contributed by atoms with Crippen LogP contribution in [0.5, 0.6) is 5.88 Å². The van der Waals surface area contributed by atoms with Crippen LogP contribution in [-0.2, 0) is 13.1 Å². The van der Waals surface area contributed by atoms with Gasteiger partial charge in [-0.2, -0.15) is 0 Å². The minimum atomic E-state index is -0.228. The standard InChI is InChI=1S/C22H31N5O2/c1-3-27(4-2)20-12-11-17(14-24-20)15-25-22(28)26-16-18-8-7-13-23-21(18)29-19-9-5-6-10-19/h7-8,11-14,19H,3-6,9-10,15-16H2,1-2H3,(H2,25,26,28). The van der Waals surface area contributed by atoms with E-state index in [-0.39, 0.29) is 12.1 Å². The minimum Gasteiger partial charge on any atom is -0.474 e. The maximum absolute atomic E-state index is 12.2. The number of rotatable bonds is 9. The van der Waals surface area contributed by atoms with Gasteiger partial charge in [0, 0.05) is 44.1 Å². The van der Waals surface area contributed by atoms with E-state index < -0.39 is 0 Å². The molecule has 0 aromatic carbocycles. The minimum absolute atomic E-state index is 0.228. The number of amides is 2. The monoisotopic (exact) mass is 397 g/mol. The lowest BCUT2D eigenvalue weighted by atomic mass is 10.2. The molecule has 0 unspecified atom stereocenters. The summed E-state index contributed by atoms with van der Waals surface area (Å²) in [5.41, 5.74) is 1.85. The molecule has 0 radical (unpaired) electrons. The molecular formula is C22H31N5O2. The van der Waals surface area contributed by atoms with Crippen molar-refractivity contribution in [2.75, 3.05) is 18.0 Å². The van der Waals surface area contributed by atoms with Crippen molar-refractivity contribution in [3.63, 3.8) is 0 Å². The number of carbonyl (C=O) groups is 1. The zero-order chi connectivity index (χ0) is 20.5. The number of hydrogen-bond donors (Lipinski definition) is 2. The van der Waals surface area contributed by atoms with Crippen LogP contribution < -0.4 is 20.3 Å². The van der Waals surface area contributed by atoms with Crippen molar-refractivity contribution >= 4 is 11.8 Å². The number of nitrogens with one attached hydrogen (secondary N) is 2. The van der Waals surface area contributed by atoms with Crippen LogP contribution >= 0.6 is 0 Å². The Kier molecular flexibility index (Phi) is 7.67. The van der Waals surface area contributed by atoms with E-state index in [0.29, 0.717) is 19.0 Å². The molecule has 2 aromatic rings. The Balaban J connectivity index is 1.47. The van der Waals surface area contributed by atoms with Crippen molar-refractivity contribution in [2.24, 2.45) is 0 Å². The molecule has 2 aromatic heterocycles. The number of urea groups is 1. The lowest BCUT2D eigenvalue weighted by molar-refractivity contribution is 0.198. The predicted molar refractivity (Wildman–Crippen MR) is 114 cm³/mol. The average Bonchev–Trinajstić information content (AvgIpc) is 3.26. The largest absolute Gasteiger partial charge is 0.474 e. The van der Waals surface area contributed by atoms with Crippen LogP contribution in [0, 0.1) is 0 Å². The van der Waals surface area contributed by atoms with Gasteiger partial charge in [0.05, 0.1) is 0 Å². The average molecular weight is 398 g/mol. The summed E-state index contributed by atoms with van der Waals surface area (Å²) in [7, 11) is 0. The summed E-state index contributed by atoms with van der Waals surface area (Å²) in [5, 5.41) is 5.76. The molecule has 0 saturated heterocycles. The highest BCUT2D eigenvalue weighted by molar-refractivity contribution is 5.73. The summed E-state index contributed by atoms with van der Waals surface area (Å²) < 4.78 is 6.02. The number of carbonyl (C=O) groups excluding carboxylic acids is 1. The van der Waals surface area contributed by atoms with Gasteiger partial charge in [-0.25, -0.2) is 14.8 Å². The summed E-state index contributed by atoms with van der Waals surface area (Å²) in [6.45, 7) is 6.86. The number of pyridine rings is 2. The first-order valence-electron chi connectivity index (χ1n) is 10.5. The van der Waals surface area contributed by atoms with Crippen molar-refractivity contribution in [1.82, 2.24) is 20.6 Å². The van der Waals surface area contributed by atoms with E-state index in [0.717, 1.165) is 42.9 Å². The first kappa shape index (κ1) is 20.9. The van der Waals surface area contributed by atoms with Crippen molar-refractivity contribution in [1.29, 1.82) is 0 Å². The normalized spacial score (nSPS) is 13.9. The topological polar surface area (TPSA) is 79.4 Å². The van der Waals surface area contributed by atoms with E-state index in [9.17, 15) is 4.79 Å². The first-order chi connectivity index (χ1) is 14.2. The lowest BCUT2D eigenvalue weighted by Crippen LogP contribution is -2.34. The maximum atomic E-state index is 12.2. The molecule has 2 amide bonds. The Hall–Kier alpha value is -2.83. The van der Waals surface area contributed by atoms with Gasteiger partial charge in [-0.1, -0.05) is 12.1 Å². The van der Waals surface area contributed by atoms with Gasteiger partial charge in [0.1, 0.15) is 11.9 Å². The fraction of sp³-hybridized carbons (Fsp3) is 0.500. The fourth-order valence-corrected chi connectivity index (χ4v) is 3.51. The predicted octanol–water partition coefficient (Wildman–Crippen LogP) is 3.64. The number of aromatic nitrogens is 2. The number of anilines is 1. The molecule has 0 atom stereocenters. The molecule has 2 heterocycles. The molecule has 29 heavy (non-hydrogen) atoms. The van der Waals surface area contributed by atoms with E-state index in [1.807, 2.05) is 30.5 Å². The molecule has 0 aliphatic heterocycles. The molecule has 2 N–H and O–H groups in total. The molecule has 1 aliphatic carbocycles. The molecule has 0 spiro atoms.